The molecule has 1 atom stereocenters. The summed E-state index contributed by atoms with van der Waals surface area (Å²) in [7, 11) is -1.29. The number of amides is 2. The van der Waals surface area contributed by atoms with Gasteiger partial charge in [-0.15, -0.1) is 0 Å². The highest BCUT2D eigenvalue weighted by atomic mass is 32.2. The van der Waals surface area contributed by atoms with Crippen LogP contribution in [0.3, 0.4) is 0 Å². The van der Waals surface area contributed by atoms with E-state index in [0.29, 0.717) is 17.8 Å². The first-order chi connectivity index (χ1) is 16.7. The average Bonchev–Trinajstić information content (AvgIpc) is 2.81. The smallest absolute Gasteiger partial charge is 0.304 e. The molecule has 198 valence electrons. The Morgan fingerprint density at radius 1 is 1.03 bits per heavy atom. The molecule has 2 amide bonds. The van der Waals surface area contributed by atoms with E-state index < -0.39 is 40.4 Å². The van der Waals surface area contributed by atoms with Crippen molar-refractivity contribution in [1.29, 1.82) is 0 Å². The molecule has 36 heavy (non-hydrogen) atoms. The van der Waals surface area contributed by atoms with Crippen molar-refractivity contribution in [2.75, 3.05) is 31.5 Å². The van der Waals surface area contributed by atoms with Crippen LogP contribution in [0.15, 0.2) is 42.5 Å². The molecule has 1 unspecified atom stereocenters. The quantitative estimate of drug-likeness (QED) is 0.493. The van der Waals surface area contributed by atoms with E-state index >= 15 is 0 Å². The number of carbonyl (C=O) groups excluding carboxylic acids is 2. The van der Waals surface area contributed by atoms with Crippen molar-refractivity contribution in [3.63, 3.8) is 0 Å². The van der Waals surface area contributed by atoms with Crippen molar-refractivity contribution in [2.45, 2.75) is 47.2 Å². The SMILES string of the molecule is Cc1ccc(C)c(N(CC(=O)N(Cc2ccccc2F)C(C)C(=O)NCC(C)C)S(=O)(=O)N(C)C)c1. The van der Waals surface area contributed by atoms with Gasteiger partial charge in [0.2, 0.25) is 11.8 Å². The first kappa shape index (κ1) is 29.3. The molecule has 2 aromatic rings. The van der Waals surface area contributed by atoms with Crippen molar-refractivity contribution < 1.29 is 22.4 Å². The molecular weight excluding hydrogens is 483 g/mol. The fourth-order valence-electron chi connectivity index (χ4n) is 3.54. The van der Waals surface area contributed by atoms with Gasteiger partial charge in [0.05, 0.1) is 5.69 Å². The van der Waals surface area contributed by atoms with Crippen LogP contribution in [0, 0.1) is 25.6 Å². The second-order valence-corrected chi connectivity index (χ2v) is 11.6. The van der Waals surface area contributed by atoms with Crippen LogP contribution in [-0.2, 0) is 26.3 Å². The Bertz CT molecular complexity index is 1180. The number of carbonyl (C=O) groups is 2. The molecule has 8 nitrogen and oxygen atoms in total. The van der Waals surface area contributed by atoms with E-state index in [0.717, 1.165) is 14.2 Å². The lowest BCUT2D eigenvalue weighted by Gasteiger charge is -2.33. The van der Waals surface area contributed by atoms with Gasteiger partial charge >= 0.3 is 10.2 Å². The van der Waals surface area contributed by atoms with Crippen LogP contribution in [0.2, 0.25) is 0 Å². The number of aryl methyl sites for hydroxylation is 2. The zero-order valence-electron chi connectivity index (χ0n) is 22.1. The first-order valence-electron chi connectivity index (χ1n) is 11.8. The third-order valence-corrected chi connectivity index (χ3v) is 7.61. The van der Waals surface area contributed by atoms with Crippen LogP contribution in [0.1, 0.15) is 37.5 Å². The van der Waals surface area contributed by atoms with Gasteiger partial charge in [-0.25, -0.2) is 8.70 Å². The number of nitrogens with zero attached hydrogens (tertiary/aromatic N) is 3. The molecule has 10 heteroatoms. The molecule has 0 fully saturated rings. The summed E-state index contributed by atoms with van der Waals surface area (Å²) < 4.78 is 43.1. The van der Waals surface area contributed by atoms with Gasteiger partial charge in [-0.1, -0.05) is 44.2 Å². The van der Waals surface area contributed by atoms with Gasteiger partial charge in [-0.3, -0.25) is 9.59 Å². The van der Waals surface area contributed by atoms with Gasteiger partial charge < -0.3 is 10.2 Å². The van der Waals surface area contributed by atoms with E-state index in [1.807, 2.05) is 26.8 Å². The predicted octanol–water partition coefficient (Wildman–Crippen LogP) is 3.24. The summed E-state index contributed by atoms with van der Waals surface area (Å²) >= 11 is 0. The Kier molecular flexibility index (Phi) is 10.0. The zero-order chi connectivity index (χ0) is 27.2. The second-order valence-electron chi connectivity index (χ2n) is 9.51. The maximum atomic E-state index is 14.5. The number of rotatable bonds is 11. The van der Waals surface area contributed by atoms with Crippen molar-refractivity contribution in [3.05, 3.63) is 65.0 Å². The van der Waals surface area contributed by atoms with Crippen LogP contribution in [0.4, 0.5) is 10.1 Å². The molecule has 0 aliphatic carbocycles. The Labute approximate surface area is 214 Å². The van der Waals surface area contributed by atoms with E-state index in [-0.39, 0.29) is 18.0 Å². The van der Waals surface area contributed by atoms with Gasteiger partial charge in [0.1, 0.15) is 18.4 Å². The number of hydrogen-bond donors (Lipinski definition) is 1. The number of nitrogens with one attached hydrogen (secondary N) is 1. The molecule has 0 radical (unpaired) electrons. The molecule has 0 aliphatic rings. The Balaban J connectivity index is 2.50. The summed E-state index contributed by atoms with van der Waals surface area (Å²) in [5, 5.41) is 2.80. The van der Waals surface area contributed by atoms with Crippen LogP contribution < -0.4 is 9.62 Å². The predicted molar refractivity (Wildman–Crippen MR) is 140 cm³/mol. The normalized spacial score (nSPS) is 12.5. The Morgan fingerprint density at radius 3 is 2.25 bits per heavy atom. The lowest BCUT2D eigenvalue weighted by Crippen LogP contribution is -2.52. The first-order valence-corrected chi connectivity index (χ1v) is 13.2. The van der Waals surface area contributed by atoms with Crippen LogP contribution in [0.25, 0.3) is 0 Å². The lowest BCUT2D eigenvalue weighted by molar-refractivity contribution is -0.139. The summed E-state index contributed by atoms with van der Waals surface area (Å²) in [6.07, 6.45) is 0. The molecule has 0 heterocycles. The highest BCUT2D eigenvalue weighted by Gasteiger charge is 2.33. The average molecular weight is 521 g/mol. The number of hydrogen-bond acceptors (Lipinski definition) is 4. The molecule has 0 saturated heterocycles. The van der Waals surface area contributed by atoms with E-state index in [1.165, 1.54) is 37.2 Å². The van der Waals surface area contributed by atoms with Crippen molar-refractivity contribution in [1.82, 2.24) is 14.5 Å². The second kappa shape index (κ2) is 12.3. The zero-order valence-corrected chi connectivity index (χ0v) is 22.9. The monoisotopic (exact) mass is 520 g/mol. The number of halogens is 1. The third-order valence-electron chi connectivity index (χ3n) is 5.80. The summed E-state index contributed by atoms with van der Waals surface area (Å²) in [6.45, 7) is 8.70. The van der Waals surface area contributed by atoms with Crippen molar-refractivity contribution in [3.8, 4) is 0 Å². The fourth-order valence-corrected chi connectivity index (χ4v) is 4.65. The van der Waals surface area contributed by atoms with Gasteiger partial charge in [0, 0.05) is 32.7 Å². The molecule has 0 spiro atoms. The largest absolute Gasteiger partial charge is 0.354 e. The Morgan fingerprint density at radius 2 is 1.67 bits per heavy atom. The standard InChI is InChI=1S/C26H37FN4O4S/c1-18(2)15-28-26(33)21(5)30(16-22-10-8-9-11-23(22)27)25(32)17-31(36(34,35)29(6)7)24-14-19(3)12-13-20(24)4/h8-14,18,21H,15-17H2,1-7H3,(H,28,33). The molecule has 0 saturated carbocycles. The minimum Gasteiger partial charge on any atom is -0.354 e. The number of anilines is 1. The Hall–Kier alpha value is -2.98. The van der Waals surface area contributed by atoms with Crippen molar-refractivity contribution >= 4 is 27.7 Å². The van der Waals surface area contributed by atoms with Gasteiger partial charge in [-0.05, 0) is 49.9 Å². The molecule has 1 N–H and O–H groups in total. The van der Waals surface area contributed by atoms with Gasteiger partial charge in [0.25, 0.3) is 0 Å². The van der Waals surface area contributed by atoms with Gasteiger partial charge in [0.15, 0.2) is 0 Å². The van der Waals surface area contributed by atoms with E-state index in [1.54, 1.807) is 32.0 Å². The highest BCUT2D eigenvalue weighted by Crippen LogP contribution is 2.26. The maximum Gasteiger partial charge on any atom is 0.304 e. The van der Waals surface area contributed by atoms with E-state index in [2.05, 4.69) is 5.32 Å². The highest BCUT2D eigenvalue weighted by molar-refractivity contribution is 7.90. The summed E-state index contributed by atoms with van der Waals surface area (Å²) in [5.74, 6) is -1.35. The van der Waals surface area contributed by atoms with Crippen molar-refractivity contribution in [2.24, 2.45) is 5.92 Å². The van der Waals surface area contributed by atoms with Crippen LogP contribution in [-0.4, -0.2) is 62.7 Å². The lowest BCUT2D eigenvalue weighted by atomic mass is 10.1. The van der Waals surface area contributed by atoms with Gasteiger partial charge in [-0.2, -0.15) is 12.7 Å². The minimum atomic E-state index is -4.06. The summed E-state index contributed by atoms with van der Waals surface area (Å²) in [6, 6.07) is 10.4. The van der Waals surface area contributed by atoms with Crippen LogP contribution >= 0.6 is 0 Å². The molecule has 0 aromatic heterocycles. The summed E-state index contributed by atoms with van der Waals surface area (Å²) in [5.41, 5.74) is 2.08. The van der Waals surface area contributed by atoms with E-state index in [4.69, 9.17) is 0 Å². The topological polar surface area (TPSA) is 90.0 Å². The number of benzene rings is 2. The maximum absolute atomic E-state index is 14.5. The third kappa shape index (κ3) is 7.27. The minimum absolute atomic E-state index is 0.190. The summed E-state index contributed by atoms with van der Waals surface area (Å²) in [4.78, 5) is 27.8. The fraction of sp³-hybridized carbons (Fsp3) is 0.462. The molecule has 0 aliphatic heterocycles. The van der Waals surface area contributed by atoms with Crippen LogP contribution in [0.5, 0.6) is 0 Å². The van der Waals surface area contributed by atoms with E-state index in [9.17, 15) is 22.4 Å². The molecule has 2 aromatic carbocycles. The molecule has 2 rings (SSSR count). The molecule has 0 bridgehead atoms. The molecular formula is C26H37FN4O4S.